The van der Waals surface area contributed by atoms with E-state index in [1.165, 1.54) is 0 Å². The highest BCUT2D eigenvalue weighted by molar-refractivity contribution is 5.98. The van der Waals surface area contributed by atoms with E-state index in [0.29, 0.717) is 24.4 Å². The van der Waals surface area contributed by atoms with Gasteiger partial charge in [0.1, 0.15) is 6.04 Å². The molecule has 0 heterocycles. The fourth-order valence-corrected chi connectivity index (χ4v) is 1.71. The number of nitrogens with two attached hydrogens (primary N) is 1. The Kier molecular flexibility index (Phi) is 5.99. The second-order valence-corrected chi connectivity index (χ2v) is 4.55. The maximum absolute atomic E-state index is 12.1. The van der Waals surface area contributed by atoms with Gasteiger partial charge in [-0.05, 0) is 37.6 Å². The number of aryl methyl sites for hydroxylation is 1. The number of carbonyl (C=O) groups excluding carboxylic acids is 2. The molecule has 1 unspecified atom stereocenters. The first-order valence-electron chi connectivity index (χ1n) is 6.39. The molecule has 110 valence electrons. The Balaban J connectivity index is 2.58. The molecule has 0 spiro atoms. The van der Waals surface area contributed by atoms with Crippen LogP contribution in [0.1, 0.15) is 22.8 Å². The molecule has 0 saturated heterocycles. The van der Waals surface area contributed by atoms with Gasteiger partial charge in [0, 0.05) is 24.9 Å². The molecule has 6 heteroatoms. The van der Waals surface area contributed by atoms with Gasteiger partial charge in [-0.25, -0.2) is 0 Å². The summed E-state index contributed by atoms with van der Waals surface area (Å²) in [4.78, 5) is 23.8. The molecule has 20 heavy (non-hydrogen) atoms. The molecule has 2 amide bonds. The van der Waals surface area contributed by atoms with E-state index in [1.807, 2.05) is 0 Å². The molecule has 0 radical (unpaired) electrons. The molecule has 1 atom stereocenters. The van der Waals surface area contributed by atoms with Crippen molar-refractivity contribution < 1.29 is 14.3 Å². The van der Waals surface area contributed by atoms with Crippen molar-refractivity contribution in [3.63, 3.8) is 0 Å². The second kappa shape index (κ2) is 7.49. The van der Waals surface area contributed by atoms with Crippen LogP contribution in [-0.2, 0) is 9.53 Å². The van der Waals surface area contributed by atoms with E-state index in [4.69, 9.17) is 10.5 Å². The summed E-state index contributed by atoms with van der Waals surface area (Å²) < 4.78 is 4.84. The highest BCUT2D eigenvalue weighted by Crippen LogP contribution is 2.12. The standard InChI is InChI=1S/C14H21N3O3/c1-9-8-11(15)4-5-12(9)14(19)17-10(2)13(18)16-6-7-20-3/h4-5,8,10H,6-7,15H2,1-3H3,(H,16,18)(H,17,19). The Labute approximate surface area is 118 Å². The molecule has 0 saturated carbocycles. The average molecular weight is 279 g/mol. The van der Waals surface area contributed by atoms with Crippen LogP contribution in [0.3, 0.4) is 0 Å². The molecular formula is C14H21N3O3. The maximum atomic E-state index is 12.1. The molecule has 0 aliphatic heterocycles. The summed E-state index contributed by atoms with van der Waals surface area (Å²) in [6.07, 6.45) is 0. The Morgan fingerprint density at radius 3 is 2.70 bits per heavy atom. The Hall–Kier alpha value is -2.08. The summed E-state index contributed by atoms with van der Waals surface area (Å²) in [6.45, 7) is 4.28. The van der Waals surface area contributed by atoms with Gasteiger partial charge in [-0.3, -0.25) is 9.59 Å². The summed E-state index contributed by atoms with van der Waals surface area (Å²) in [6, 6.07) is 4.41. The highest BCUT2D eigenvalue weighted by atomic mass is 16.5. The van der Waals surface area contributed by atoms with Gasteiger partial charge >= 0.3 is 0 Å². The first-order valence-corrected chi connectivity index (χ1v) is 6.39. The van der Waals surface area contributed by atoms with Crippen LogP contribution in [0.4, 0.5) is 5.69 Å². The Morgan fingerprint density at radius 2 is 2.10 bits per heavy atom. The Bertz CT molecular complexity index is 489. The fourth-order valence-electron chi connectivity index (χ4n) is 1.71. The van der Waals surface area contributed by atoms with Crippen molar-refractivity contribution in [2.75, 3.05) is 26.0 Å². The minimum Gasteiger partial charge on any atom is -0.399 e. The van der Waals surface area contributed by atoms with E-state index in [1.54, 1.807) is 39.2 Å². The number of ether oxygens (including phenoxy) is 1. The van der Waals surface area contributed by atoms with Gasteiger partial charge in [0.25, 0.3) is 5.91 Å². The number of benzene rings is 1. The van der Waals surface area contributed by atoms with Crippen LogP contribution in [-0.4, -0.2) is 38.1 Å². The summed E-state index contributed by atoms with van der Waals surface area (Å²) in [7, 11) is 1.56. The van der Waals surface area contributed by atoms with Crippen molar-refractivity contribution >= 4 is 17.5 Å². The van der Waals surface area contributed by atoms with E-state index in [2.05, 4.69) is 10.6 Å². The quantitative estimate of drug-likeness (QED) is 0.521. The molecule has 0 aliphatic rings. The van der Waals surface area contributed by atoms with Crippen LogP contribution in [0.2, 0.25) is 0 Å². The number of hydrogen-bond donors (Lipinski definition) is 3. The number of nitrogen functional groups attached to an aromatic ring is 1. The zero-order chi connectivity index (χ0) is 15.1. The van der Waals surface area contributed by atoms with Gasteiger partial charge in [0.15, 0.2) is 0 Å². The number of methoxy groups -OCH3 is 1. The summed E-state index contributed by atoms with van der Waals surface area (Å²) in [5.74, 6) is -0.541. The maximum Gasteiger partial charge on any atom is 0.252 e. The van der Waals surface area contributed by atoms with E-state index >= 15 is 0 Å². The van der Waals surface area contributed by atoms with Crippen molar-refractivity contribution in [2.45, 2.75) is 19.9 Å². The first-order chi connectivity index (χ1) is 9.45. The number of amides is 2. The second-order valence-electron chi connectivity index (χ2n) is 4.55. The highest BCUT2D eigenvalue weighted by Gasteiger charge is 2.17. The molecule has 6 nitrogen and oxygen atoms in total. The lowest BCUT2D eigenvalue weighted by atomic mass is 10.1. The van der Waals surface area contributed by atoms with Gasteiger partial charge in [-0.2, -0.15) is 0 Å². The topological polar surface area (TPSA) is 93.5 Å². The summed E-state index contributed by atoms with van der Waals surface area (Å²) in [5, 5.41) is 5.32. The normalized spacial score (nSPS) is 11.8. The third-order valence-corrected chi connectivity index (χ3v) is 2.84. The van der Waals surface area contributed by atoms with E-state index < -0.39 is 6.04 Å². The van der Waals surface area contributed by atoms with E-state index in [9.17, 15) is 9.59 Å². The van der Waals surface area contributed by atoms with Gasteiger partial charge in [-0.1, -0.05) is 0 Å². The minimum absolute atomic E-state index is 0.247. The number of rotatable bonds is 6. The Morgan fingerprint density at radius 1 is 1.40 bits per heavy atom. The number of anilines is 1. The molecule has 4 N–H and O–H groups in total. The van der Waals surface area contributed by atoms with Crippen LogP contribution >= 0.6 is 0 Å². The average Bonchev–Trinajstić information content (AvgIpc) is 2.38. The van der Waals surface area contributed by atoms with Crippen molar-refractivity contribution in [2.24, 2.45) is 0 Å². The number of nitrogens with one attached hydrogen (secondary N) is 2. The first kappa shape index (κ1) is 16.0. The fraction of sp³-hybridized carbons (Fsp3) is 0.429. The van der Waals surface area contributed by atoms with Crippen LogP contribution in [0.25, 0.3) is 0 Å². The van der Waals surface area contributed by atoms with Gasteiger partial charge in [-0.15, -0.1) is 0 Å². The van der Waals surface area contributed by atoms with Crippen LogP contribution in [0, 0.1) is 6.92 Å². The molecule has 1 rings (SSSR count). The van der Waals surface area contributed by atoms with Crippen molar-refractivity contribution in [3.8, 4) is 0 Å². The zero-order valence-corrected chi connectivity index (χ0v) is 12.0. The number of carbonyl (C=O) groups is 2. The van der Waals surface area contributed by atoms with Crippen LogP contribution in [0.5, 0.6) is 0 Å². The smallest absolute Gasteiger partial charge is 0.252 e. The molecule has 0 aromatic heterocycles. The van der Waals surface area contributed by atoms with E-state index in [-0.39, 0.29) is 11.8 Å². The van der Waals surface area contributed by atoms with Crippen molar-refractivity contribution in [1.29, 1.82) is 0 Å². The van der Waals surface area contributed by atoms with Crippen molar-refractivity contribution in [3.05, 3.63) is 29.3 Å². The van der Waals surface area contributed by atoms with Crippen molar-refractivity contribution in [1.82, 2.24) is 10.6 Å². The van der Waals surface area contributed by atoms with Crippen LogP contribution < -0.4 is 16.4 Å². The third kappa shape index (κ3) is 4.55. The molecular weight excluding hydrogens is 258 g/mol. The van der Waals surface area contributed by atoms with Gasteiger partial charge in [0.2, 0.25) is 5.91 Å². The predicted octanol–water partition coefficient (Wildman–Crippen LogP) is 0.458. The molecule has 1 aromatic rings. The predicted molar refractivity (Wildman–Crippen MR) is 77.4 cm³/mol. The molecule has 0 aliphatic carbocycles. The number of hydrogen-bond acceptors (Lipinski definition) is 4. The third-order valence-electron chi connectivity index (χ3n) is 2.84. The lowest BCUT2D eigenvalue weighted by molar-refractivity contribution is -0.122. The molecule has 0 fully saturated rings. The SMILES string of the molecule is COCCNC(=O)C(C)NC(=O)c1ccc(N)cc1C. The largest absolute Gasteiger partial charge is 0.399 e. The monoisotopic (exact) mass is 279 g/mol. The minimum atomic E-state index is -0.615. The molecule has 1 aromatic carbocycles. The molecule has 0 bridgehead atoms. The lowest BCUT2D eigenvalue weighted by Gasteiger charge is -2.15. The van der Waals surface area contributed by atoms with Crippen LogP contribution in [0.15, 0.2) is 18.2 Å². The lowest BCUT2D eigenvalue weighted by Crippen LogP contribution is -2.45. The summed E-state index contributed by atoms with van der Waals surface area (Å²) >= 11 is 0. The van der Waals surface area contributed by atoms with E-state index in [0.717, 1.165) is 5.56 Å². The van der Waals surface area contributed by atoms with Gasteiger partial charge in [0.05, 0.1) is 6.61 Å². The summed E-state index contributed by atoms with van der Waals surface area (Å²) in [5.41, 5.74) is 7.52. The zero-order valence-electron chi connectivity index (χ0n) is 12.0. The van der Waals surface area contributed by atoms with Gasteiger partial charge < -0.3 is 21.1 Å².